The van der Waals surface area contributed by atoms with Crippen LogP contribution in [0.5, 0.6) is 0 Å². The van der Waals surface area contributed by atoms with Gasteiger partial charge in [-0.05, 0) is 39.7 Å². The van der Waals surface area contributed by atoms with E-state index in [1.165, 1.54) is 0 Å². The fraction of sp³-hybridized carbons (Fsp3) is 0.235. The van der Waals surface area contributed by atoms with E-state index < -0.39 is 0 Å². The van der Waals surface area contributed by atoms with Crippen LogP contribution < -0.4 is 0 Å². The number of halogens is 1. The average Bonchev–Trinajstić information content (AvgIpc) is 3.15. The second kappa shape index (κ2) is 7.00. The first-order valence-corrected chi connectivity index (χ1v) is 8.31. The van der Waals surface area contributed by atoms with Crippen LogP contribution in [0, 0.1) is 0 Å². The summed E-state index contributed by atoms with van der Waals surface area (Å²) in [6.45, 7) is 1.10. The maximum Gasteiger partial charge on any atom is 0.253 e. The van der Waals surface area contributed by atoms with E-state index in [4.69, 9.17) is 0 Å². The van der Waals surface area contributed by atoms with E-state index in [1.54, 1.807) is 22.8 Å². The van der Waals surface area contributed by atoms with E-state index in [0.717, 1.165) is 15.7 Å². The number of aromatic nitrogens is 4. The van der Waals surface area contributed by atoms with Crippen molar-refractivity contribution in [2.45, 2.75) is 13.1 Å². The number of benzene rings is 1. The van der Waals surface area contributed by atoms with Gasteiger partial charge in [-0.3, -0.25) is 14.2 Å². The van der Waals surface area contributed by atoms with Gasteiger partial charge in [0.25, 0.3) is 5.91 Å². The molecule has 1 aromatic carbocycles. The minimum absolute atomic E-state index is 0.0239. The van der Waals surface area contributed by atoms with Gasteiger partial charge in [-0.25, -0.2) is 0 Å². The Bertz CT molecular complexity index is 854. The number of amides is 1. The summed E-state index contributed by atoms with van der Waals surface area (Å²) in [7, 11) is 3.65. The number of carbonyl (C=O) groups is 1. The average molecular weight is 388 g/mol. The zero-order valence-electron chi connectivity index (χ0n) is 13.6. The molecule has 1 amide bonds. The van der Waals surface area contributed by atoms with Crippen LogP contribution in [0.4, 0.5) is 0 Å². The van der Waals surface area contributed by atoms with Crippen LogP contribution in [0.1, 0.15) is 21.6 Å². The summed E-state index contributed by atoms with van der Waals surface area (Å²) >= 11 is 3.38. The Morgan fingerprint density at radius 3 is 2.83 bits per heavy atom. The SMILES string of the molecule is CN(Cc1ccn(C)n1)C(=O)c1cccc(Cn2cc(Br)cn2)c1. The lowest BCUT2D eigenvalue weighted by molar-refractivity contribution is 0.0783. The lowest BCUT2D eigenvalue weighted by atomic mass is 10.1. The molecule has 0 aliphatic heterocycles. The van der Waals surface area contributed by atoms with Crippen molar-refractivity contribution in [2.75, 3.05) is 7.05 Å². The molecule has 0 atom stereocenters. The van der Waals surface area contributed by atoms with Crippen LogP contribution in [0.3, 0.4) is 0 Å². The van der Waals surface area contributed by atoms with E-state index in [1.807, 2.05) is 54.5 Å². The van der Waals surface area contributed by atoms with Crippen molar-refractivity contribution in [2.24, 2.45) is 7.05 Å². The molecule has 7 heteroatoms. The van der Waals surface area contributed by atoms with Crippen molar-refractivity contribution < 1.29 is 4.79 Å². The predicted octanol–water partition coefficient (Wildman–Crippen LogP) is 2.70. The predicted molar refractivity (Wildman–Crippen MR) is 94.5 cm³/mol. The topological polar surface area (TPSA) is 56.0 Å². The molecule has 124 valence electrons. The van der Waals surface area contributed by atoms with Crippen LogP contribution in [0.25, 0.3) is 0 Å². The van der Waals surface area contributed by atoms with Crippen LogP contribution >= 0.6 is 15.9 Å². The summed E-state index contributed by atoms with van der Waals surface area (Å²) in [4.78, 5) is 14.3. The number of aryl methyl sites for hydroxylation is 1. The van der Waals surface area contributed by atoms with Gasteiger partial charge in [0.2, 0.25) is 0 Å². The number of nitrogens with zero attached hydrogens (tertiary/aromatic N) is 5. The molecule has 2 aromatic heterocycles. The van der Waals surface area contributed by atoms with E-state index in [-0.39, 0.29) is 5.91 Å². The van der Waals surface area contributed by atoms with Crippen molar-refractivity contribution in [3.05, 3.63) is 70.2 Å². The lowest BCUT2D eigenvalue weighted by Gasteiger charge is -2.16. The molecule has 0 unspecified atom stereocenters. The van der Waals surface area contributed by atoms with Crippen molar-refractivity contribution in [3.8, 4) is 0 Å². The molecule has 0 aliphatic carbocycles. The van der Waals surface area contributed by atoms with Crippen molar-refractivity contribution in [1.82, 2.24) is 24.5 Å². The van der Waals surface area contributed by atoms with Gasteiger partial charge in [-0.1, -0.05) is 12.1 Å². The zero-order chi connectivity index (χ0) is 17.1. The van der Waals surface area contributed by atoms with E-state index in [2.05, 4.69) is 26.1 Å². The maximum atomic E-state index is 12.6. The fourth-order valence-corrected chi connectivity index (χ4v) is 2.83. The molecule has 0 spiro atoms. The van der Waals surface area contributed by atoms with Gasteiger partial charge in [0.05, 0.1) is 29.5 Å². The summed E-state index contributed by atoms with van der Waals surface area (Å²) in [5.41, 5.74) is 2.56. The minimum Gasteiger partial charge on any atom is -0.336 e. The van der Waals surface area contributed by atoms with Crippen molar-refractivity contribution in [3.63, 3.8) is 0 Å². The van der Waals surface area contributed by atoms with E-state index in [9.17, 15) is 4.79 Å². The molecule has 6 nitrogen and oxygen atoms in total. The van der Waals surface area contributed by atoms with Gasteiger partial charge >= 0.3 is 0 Å². The number of hydrogen-bond acceptors (Lipinski definition) is 3. The van der Waals surface area contributed by atoms with Gasteiger partial charge in [-0.15, -0.1) is 0 Å². The second-order valence-electron chi connectivity index (χ2n) is 5.70. The summed E-state index contributed by atoms with van der Waals surface area (Å²) in [5, 5.41) is 8.55. The van der Waals surface area contributed by atoms with Crippen LogP contribution in [-0.4, -0.2) is 37.4 Å². The smallest absolute Gasteiger partial charge is 0.253 e. The van der Waals surface area contributed by atoms with Crippen LogP contribution in [-0.2, 0) is 20.1 Å². The summed E-state index contributed by atoms with van der Waals surface area (Å²) in [6.07, 6.45) is 5.52. The molecule has 24 heavy (non-hydrogen) atoms. The van der Waals surface area contributed by atoms with E-state index in [0.29, 0.717) is 18.7 Å². The molecular weight excluding hydrogens is 370 g/mol. The molecule has 3 aromatic rings. The second-order valence-corrected chi connectivity index (χ2v) is 6.61. The fourth-order valence-electron chi connectivity index (χ4n) is 2.50. The Balaban J connectivity index is 1.71. The van der Waals surface area contributed by atoms with Crippen LogP contribution in [0.15, 0.2) is 53.4 Å². The molecule has 0 saturated carbocycles. The van der Waals surface area contributed by atoms with Crippen molar-refractivity contribution >= 4 is 21.8 Å². The Morgan fingerprint density at radius 2 is 2.17 bits per heavy atom. The van der Waals surface area contributed by atoms with Crippen molar-refractivity contribution in [1.29, 1.82) is 0 Å². The number of rotatable bonds is 5. The maximum absolute atomic E-state index is 12.6. The first-order valence-electron chi connectivity index (χ1n) is 7.52. The third-order valence-corrected chi connectivity index (χ3v) is 4.04. The van der Waals surface area contributed by atoms with Gasteiger partial charge in [0.1, 0.15) is 0 Å². The quantitative estimate of drug-likeness (QED) is 0.676. The Morgan fingerprint density at radius 1 is 1.33 bits per heavy atom. The molecular formula is C17H18BrN5O. The highest BCUT2D eigenvalue weighted by Crippen LogP contribution is 2.12. The Hall–Kier alpha value is -2.41. The largest absolute Gasteiger partial charge is 0.336 e. The number of hydrogen-bond donors (Lipinski definition) is 0. The molecule has 3 rings (SSSR count). The first kappa shape index (κ1) is 16.4. The summed E-state index contributed by atoms with van der Waals surface area (Å²) < 4.78 is 4.49. The normalized spacial score (nSPS) is 10.8. The molecule has 0 fully saturated rings. The Kier molecular flexibility index (Phi) is 4.80. The third kappa shape index (κ3) is 3.91. The Labute approximate surface area is 148 Å². The molecule has 0 bridgehead atoms. The van der Waals surface area contributed by atoms with Gasteiger partial charge < -0.3 is 4.90 Å². The lowest BCUT2D eigenvalue weighted by Crippen LogP contribution is -2.26. The van der Waals surface area contributed by atoms with Gasteiger partial charge in [-0.2, -0.15) is 10.2 Å². The van der Waals surface area contributed by atoms with Crippen LogP contribution in [0.2, 0.25) is 0 Å². The highest BCUT2D eigenvalue weighted by atomic mass is 79.9. The standard InChI is InChI=1S/C17H18BrN5O/c1-21(12-16-6-7-22(2)20-16)17(24)14-5-3-4-13(8-14)10-23-11-15(18)9-19-23/h3-9,11H,10,12H2,1-2H3. The molecule has 0 aliphatic rings. The summed E-state index contributed by atoms with van der Waals surface area (Å²) in [5.74, 6) is -0.0239. The molecule has 0 radical (unpaired) electrons. The third-order valence-electron chi connectivity index (χ3n) is 3.63. The highest BCUT2D eigenvalue weighted by Gasteiger charge is 2.13. The molecule has 0 N–H and O–H groups in total. The zero-order valence-corrected chi connectivity index (χ0v) is 15.1. The highest BCUT2D eigenvalue weighted by molar-refractivity contribution is 9.10. The number of carbonyl (C=O) groups excluding carboxylic acids is 1. The molecule has 2 heterocycles. The minimum atomic E-state index is -0.0239. The van der Waals surface area contributed by atoms with E-state index >= 15 is 0 Å². The molecule has 0 saturated heterocycles. The monoisotopic (exact) mass is 387 g/mol. The van der Waals surface area contributed by atoms with Gasteiger partial charge in [0.15, 0.2) is 0 Å². The summed E-state index contributed by atoms with van der Waals surface area (Å²) in [6, 6.07) is 9.54. The first-order chi connectivity index (χ1) is 11.5. The van der Waals surface area contributed by atoms with Gasteiger partial charge in [0, 0.05) is 32.1 Å².